The summed E-state index contributed by atoms with van der Waals surface area (Å²) in [5.41, 5.74) is 2.15. The van der Waals surface area contributed by atoms with E-state index >= 15 is 0 Å². The maximum absolute atomic E-state index is 12.4. The number of fused-ring (bicyclic) bond motifs is 2. The van der Waals surface area contributed by atoms with Crippen molar-refractivity contribution >= 4 is 15.9 Å². The van der Waals surface area contributed by atoms with E-state index in [1.54, 1.807) is 24.3 Å². The number of sulfonamides is 1. The number of nitrogens with one attached hydrogen (secondary N) is 2. The fourth-order valence-electron chi connectivity index (χ4n) is 2.60. The molecule has 0 saturated heterocycles. The van der Waals surface area contributed by atoms with Crippen LogP contribution in [0.5, 0.6) is 23.0 Å². The number of hydrazine groups is 1. The van der Waals surface area contributed by atoms with Crippen molar-refractivity contribution in [3.8, 4) is 23.0 Å². The normalized spacial score (nSPS) is 17.9. The molecule has 0 fully saturated rings. The molecule has 2 aliphatic heterocycles. The molecular weight excluding hydrogens is 376 g/mol. The highest BCUT2D eigenvalue weighted by molar-refractivity contribution is 7.89. The summed E-state index contributed by atoms with van der Waals surface area (Å²) in [6.07, 6.45) is -0.983. The van der Waals surface area contributed by atoms with Gasteiger partial charge in [-0.3, -0.25) is 10.2 Å². The van der Waals surface area contributed by atoms with Crippen LogP contribution in [0.25, 0.3) is 0 Å². The van der Waals surface area contributed by atoms with Crippen molar-refractivity contribution in [3.05, 3.63) is 42.5 Å². The topological polar surface area (TPSA) is 112 Å². The Morgan fingerprint density at radius 3 is 2.44 bits per heavy atom. The molecule has 0 bridgehead atoms. The molecule has 9 nitrogen and oxygen atoms in total. The van der Waals surface area contributed by atoms with Crippen LogP contribution in [0.2, 0.25) is 0 Å². The minimum atomic E-state index is -4.00. The smallest absolute Gasteiger partial charge is 0.279 e. The lowest BCUT2D eigenvalue weighted by molar-refractivity contribution is -0.130. The van der Waals surface area contributed by atoms with Gasteiger partial charge < -0.3 is 18.9 Å². The van der Waals surface area contributed by atoms with E-state index in [-0.39, 0.29) is 11.5 Å². The SMILES string of the molecule is O=C(NNS(=O)(=O)c1ccc2c(c1)OCCO2)[C@H]1COc2ccccc2O1. The predicted molar refractivity (Wildman–Crippen MR) is 92.2 cm³/mol. The second kappa shape index (κ2) is 6.97. The first-order valence-corrected chi connectivity index (χ1v) is 9.61. The molecule has 1 atom stereocenters. The average molecular weight is 392 g/mol. The Kier molecular flexibility index (Phi) is 4.50. The lowest BCUT2D eigenvalue weighted by Gasteiger charge is -2.25. The summed E-state index contributed by atoms with van der Waals surface area (Å²) in [4.78, 5) is 14.2. The van der Waals surface area contributed by atoms with E-state index in [4.69, 9.17) is 18.9 Å². The largest absolute Gasteiger partial charge is 0.486 e. The van der Waals surface area contributed by atoms with Crippen molar-refractivity contribution in [1.29, 1.82) is 0 Å². The third-order valence-electron chi connectivity index (χ3n) is 3.93. The van der Waals surface area contributed by atoms with Crippen LogP contribution >= 0.6 is 0 Å². The van der Waals surface area contributed by atoms with Gasteiger partial charge in [-0.25, -0.2) is 8.42 Å². The summed E-state index contributed by atoms with van der Waals surface area (Å²) in [7, 11) is -4.00. The molecule has 2 aliphatic rings. The maximum Gasteiger partial charge on any atom is 0.279 e. The zero-order chi connectivity index (χ0) is 18.9. The van der Waals surface area contributed by atoms with E-state index < -0.39 is 22.0 Å². The highest BCUT2D eigenvalue weighted by atomic mass is 32.2. The van der Waals surface area contributed by atoms with E-state index in [1.165, 1.54) is 18.2 Å². The lowest BCUT2D eigenvalue weighted by Crippen LogP contribution is -2.50. The van der Waals surface area contributed by atoms with Gasteiger partial charge in [0, 0.05) is 6.07 Å². The molecule has 142 valence electrons. The summed E-state index contributed by atoms with van der Waals surface area (Å²) in [6.45, 7) is 0.704. The van der Waals surface area contributed by atoms with Crippen molar-refractivity contribution in [3.63, 3.8) is 0 Å². The zero-order valence-electron chi connectivity index (χ0n) is 14.0. The van der Waals surface area contributed by atoms with Crippen molar-refractivity contribution in [2.75, 3.05) is 19.8 Å². The zero-order valence-corrected chi connectivity index (χ0v) is 14.8. The van der Waals surface area contributed by atoms with Gasteiger partial charge in [-0.15, -0.1) is 4.83 Å². The van der Waals surface area contributed by atoms with Gasteiger partial charge in [-0.2, -0.15) is 0 Å². The first-order chi connectivity index (χ1) is 13.0. The molecule has 2 aromatic carbocycles. The summed E-state index contributed by atoms with van der Waals surface area (Å²) in [6, 6.07) is 11.1. The van der Waals surface area contributed by atoms with Gasteiger partial charge in [-0.05, 0) is 24.3 Å². The second-order valence-electron chi connectivity index (χ2n) is 5.76. The lowest BCUT2D eigenvalue weighted by atomic mass is 10.2. The van der Waals surface area contributed by atoms with E-state index in [0.29, 0.717) is 36.2 Å². The van der Waals surface area contributed by atoms with Gasteiger partial charge in [0.2, 0.25) is 6.10 Å². The van der Waals surface area contributed by atoms with Gasteiger partial charge in [-0.1, -0.05) is 12.1 Å². The average Bonchev–Trinajstić information content (AvgIpc) is 2.71. The molecular formula is C17H16N2O7S. The van der Waals surface area contributed by atoms with Crippen LogP contribution in [0.1, 0.15) is 0 Å². The molecule has 4 rings (SSSR count). The fraction of sp³-hybridized carbons (Fsp3) is 0.235. The predicted octanol–water partition coefficient (Wildman–Crippen LogP) is 0.607. The van der Waals surface area contributed by atoms with E-state index in [1.807, 2.05) is 4.83 Å². The summed E-state index contributed by atoms with van der Waals surface area (Å²) < 4.78 is 46.5. The van der Waals surface area contributed by atoms with Crippen LogP contribution in [0.4, 0.5) is 0 Å². The Morgan fingerprint density at radius 1 is 0.926 bits per heavy atom. The molecule has 0 radical (unpaired) electrons. The molecule has 1 amide bonds. The van der Waals surface area contributed by atoms with Crippen molar-refractivity contribution in [2.24, 2.45) is 0 Å². The maximum atomic E-state index is 12.4. The number of para-hydroxylation sites is 2. The number of carbonyl (C=O) groups excluding carboxylic acids is 1. The Balaban J connectivity index is 1.41. The quantitative estimate of drug-likeness (QED) is 0.733. The van der Waals surface area contributed by atoms with E-state index in [0.717, 1.165) is 0 Å². The minimum absolute atomic E-state index is 0.0331. The molecule has 2 heterocycles. The van der Waals surface area contributed by atoms with Crippen LogP contribution in [0.3, 0.4) is 0 Å². The fourth-order valence-corrected chi connectivity index (χ4v) is 3.46. The molecule has 0 aliphatic carbocycles. The molecule has 27 heavy (non-hydrogen) atoms. The Bertz CT molecular complexity index is 977. The minimum Gasteiger partial charge on any atom is -0.486 e. The third-order valence-corrected chi connectivity index (χ3v) is 5.18. The summed E-state index contributed by atoms with van der Waals surface area (Å²) >= 11 is 0. The monoisotopic (exact) mass is 392 g/mol. The number of hydrogen-bond acceptors (Lipinski definition) is 7. The Hall–Kier alpha value is -2.98. The number of hydrogen-bond donors (Lipinski definition) is 2. The summed E-state index contributed by atoms with van der Waals surface area (Å²) in [5.74, 6) is 1.06. The third kappa shape index (κ3) is 3.62. The van der Waals surface area contributed by atoms with Crippen LogP contribution in [0.15, 0.2) is 47.4 Å². The first-order valence-electron chi connectivity index (χ1n) is 8.13. The molecule has 0 saturated carbocycles. The Labute approximate surface area is 155 Å². The molecule has 0 spiro atoms. The van der Waals surface area contributed by atoms with Crippen molar-refractivity contribution in [1.82, 2.24) is 10.3 Å². The number of benzene rings is 2. The molecule has 0 aromatic heterocycles. The molecule has 2 aromatic rings. The van der Waals surface area contributed by atoms with E-state index in [9.17, 15) is 13.2 Å². The van der Waals surface area contributed by atoms with Gasteiger partial charge in [0.15, 0.2) is 23.0 Å². The van der Waals surface area contributed by atoms with Crippen molar-refractivity contribution in [2.45, 2.75) is 11.0 Å². The highest BCUT2D eigenvalue weighted by Gasteiger charge is 2.28. The van der Waals surface area contributed by atoms with Gasteiger partial charge >= 0.3 is 0 Å². The highest BCUT2D eigenvalue weighted by Crippen LogP contribution is 2.32. The summed E-state index contributed by atoms with van der Waals surface area (Å²) in [5, 5.41) is 0. The molecule has 0 unspecified atom stereocenters. The van der Waals surface area contributed by atoms with Gasteiger partial charge in [0.05, 0.1) is 4.90 Å². The van der Waals surface area contributed by atoms with Crippen LogP contribution in [-0.4, -0.2) is 40.2 Å². The number of rotatable bonds is 4. The standard InChI is InChI=1S/C17H16N2O7S/c20-17(16-10-25-12-3-1-2-4-14(12)26-16)18-19-27(21,22)11-5-6-13-15(9-11)24-8-7-23-13/h1-6,9,16,19H,7-8,10H2,(H,18,20)/t16-/m1/s1. The van der Waals surface area contributed by atoms with Crippen LogP contribution in [0, 0.1) is 0 Å². The van der Waals surface area contributed by atoms with E-state index in [2.05, 4.69) is 5.43 Å². The number of ether oxygens (including phenoxy) is 4. The van der Waals surface area contributed by atoms with Crippen LogP contribution in [-0.2, 0) is 14.8 Å². The van der Waals surface area contributed by atoms with Gasteiger partial charge in [0.25, 0.3) is 15.9 Å². The first kappa shape index (κ1) is 17.4. The van der Waals surface area contributed by atoms with Gasteiger partial charge in [0.1, 0.15) is 19.8 Å². The Morgan fingerprint density at radius 2 is 1.63 bits per heavy atom. The number of carbonyl (C=O) groups is 1. The van der Waals surface area contributed by atoms with Crippen LogP contribution < -0.4 is 29.2 Å². The molecule has 2 N–H and O–H groups in total. The number of amides is 1. The van der Waals surface area contributed by atoms with Crippen molar-refractivity contribution < 1.29 is 32.2 Å². The second-order valence-corrected chi connectivity index (χ2v) is 7.45. The molecule has 10 heteroatoms.